The fraction of sp³-hybridized carbons (Fsp3) is 0.261. The molecule has 0 radical (unpaired) electrons. The number of amides is 4. The van der Waals surface area contributed by atoms with Crippen molar-refractivity contribution < 1.29 is 28.6 Å². The van der Waals surface area contributed by atoms with Gasteiger partial charge in [0.05, 0.1) is 12.8 Å². The second-order valence-electron chi connectivity index (χ2n) is 7.60. The lowest BCUT2D eigenvalue weighted by molar-refractivity contribution is -0.122. The maximum atomic E-state index is 13.2. The van der Waals surface area contributed by atoms with Gasteiger partial charge >= 0.3 is 6.03 Å². The van der Waals surface area contributed by atoms with Crippen LogP contribution in [-0.2, 0) is 9.59 Å². The predicted molar refractivity (Wildman–Crippen MR) is 113 cm³/mol. The van der Waals surface area contributed by atoms with Crippen molar-refractivity contribution in [2.24, 2.45) is 0 Å². The van der Waals surface area contributed by atoms with Crippen LogP contribution in [0.5, 0.6) is 17.2 Å². The van der Waals surface area contributed by atoms with Crippen LogP contribution in [0.4, 0.5) is 10.5 Å². The monoisotopic (exact) mass is 422 g/mol. The number of methoxy groups -OCH3 is 1. The van der Waals surface area contributed by atoms with E-state index < -0.39 is 17.8 Å². The third-order valence-corrected chi connectivity index (χ3v) is 5.26. The highest BCUT2D eigenvalue weighted by molar-refractivity contribution is 6.39. The lowest BCUT2D eigenvalue weighted by Crippen LogP contribution is -2.54. The third kappa shape index (κ3) is 3.61. The van der Waals surface area contributed by atoms with E-state index in [-0.39, 0.29) is 24.0 Å². The number of ether oxygens (including phenoxy) is 3. The van der Waals surface area contributed by atoms with E-state index in [1.54, 1.807) is 19.2 Å². The lowest BCUT2D eigenvalue weighted by atomic mass is 9.95. The van der Waals surface area contributed by atoms with Gasteiger partial charge < -0.3 is 14.2 Å². The Hall–Kier alpha value is -3.81. The van der Waals surface area contributed by atoms with Crippen LogP contribution in [0.15, 0.2) is 35.9 Å². The summed E-state index contributed by atoms with van der Waals surface area (Å²) in [7, 11) is 1.60. The normalized spacial score (nSPS) is 16.9. The number of nitrogens with zero attached hydrogens (tertiary/aromatic N) is 1. The second-order valence-corrected chi connectivity index (χ2v) is 7.60. The molecule has 2 aromatic carbocycles. The number of carbonyl (C=O) groups is 3. The zero-order valence-corrected chi connectivity index (χ0v) is 17.6. The molecule has 0 bridgehead atoms. The van der Waals surface area contributed by atoms with Crippen molar-refractivity contribution in [3.8, 4) is 17.2 Å². The number of hydrogen-bond donors (Lipinski definition) is 1. The van der Waals surface area contributed by atoms with Crippen molar-refractivity contribution in [3.63, 3.8) is 0 Å². The molecule has 0 atom stereocenters. The Bertz CT molecular complexity index is 1140. The van der Waals surface area contributed by atoms with Gasteiger partial charge in [-0.05, 0) is 59.9 Å². The Morgan fingerprint density at radius 3 is 2.55 bits per heavy atom. The number of aryl methyl sites for hydroxylation is 1. The van der Waals surface area contributed by atoms with E-state index in [0.717, 1.165) is 21.8 Å². The van der Waals surface area contributed by atoms with E-state index in [9.17, 15) is 14.4 Å². The summed E-state index contributed by atoms with van der Waals surface area (Å²) in [5.41, 5.74) is 2.62. The summed E-state index contributed by atoms with van der Waals surface area (Å²) < 4.78 is 16.1. The minimum Gasteiger partial charge on any atom is -0.496 e. The van der Waals surface area contributed by atoms with Crippen molar-refractivity contribution in [2.75, 3.05) is 18.8 Å². The van der Waals surface area contributed by atoms with Gasteiger partial charge in [0, 0.05) is 6.07 Å². The maximum Gasteiger partial charge on any atom is 0.335 e. The number of rotatable bonds is 4. The molecule has 0 aliphatic carbocycles. The van der Waals surface area contributed by atoms with Crippen LogP contribution < -0.4 is 24.4 Å². The Labute approximate surface area is 179 Å². The Balaban J connectivity index is 1.76. The van der Waals surface area contributed by atoms with Crippen LogP contribution in [0.3, 0.4) is 0 Å². The molecule has 31 heavy (non-hydrogen) atoms. The molecule has 1 saturated heterocycles. The highest BCUT2D eigenvalue weighted by atomic mass is 16.7. The number of nitrogens with one attached hydrogen (secondary N) is 1. The van der Waals surface area contributed by atoms with E-state index in [4.69, 9.17) is 14.2 Å². The van der Waals surface area contributed by atoms with Gasteiger partial charge in [0.15, 0.2) is 11.5 Å². The number of benzene rings is 2. The summed E-state index contributed by atoms with van der Waals surface area (Å²) in [6.45, 7) is 5.99. The van der Waals surface area contributed by atoms with E-state index >= 15 is 0 Å². The highest BCUT2D eigenvalue weighted by Crippen LogP contribution is 2.37. The first kappa shape index (κ1) is 20.5. The molecule has 0 spiro atoms. The standard InChI is InChI=1S/C23H22N2O6/c1-12(2)16-8-14(13(3)7-19(16)29-4)9-17-21(26)24-23(28)25(22(17)27)15-5-6-18-20(10-15)31-11-30-18/h5-10,12H,11H2,1-4H3,(H,24,26,28)/b17-9+. The summed E-state index contributed by atoms with van der Waals surface area (Å²) in [4.78, 5) is 39.1. The average molecular weight is 422 g/mol. The molecule has 2 aliphatic heterocycles. The van der Waals surface area contributed by atoms with Crippen LogP contribution in [0.2, 0.25) is 0 Å². The SMILES string of the molecule is COc1cc(C)c(/C=C2\C(=O)NC(=O)N(c3ccc4c(c3)OCO4)C2=O)cc1C(C)C. The quantitative estimate of drug-likeness (QED) is 0.599. The maximum absolute atomic E-state index is 13.2. The first-order valence-electron chi connectivity index (χ1n) is 9.79. The summed E-state index contributed by atoms with van der Waals surface area (Å²) in [6.07, 6.45) is 1.50. The van der Waals surface area contributed by atoms with E-state index in [2.05, 4.69) is 5.32 Å². The van der Waals surface area contributed by atoms with Crippen molar-refractivity contribution in [1.29, 1.82) is 0 Å². The molecule has 1 N–H and O–H groups in total. The van der Waals surface area contributed by atoms with Crippen molar-refractivity contribution in [3.05, 3.63) is 52.6 Å². The number of hydrogen-bond acceptors (Lipinski definition) is 6. The second kappa shape index (κ2) is 7.79. The molecule has 2 aliphatic rings. The summed E-state index contributed by atoms with van der Waals surface area (Å²) >= 11 is 0. The smallest absolute Gasteiger partial charge is 0.335 e. The van der Waals surface area contributed by atoms with E-state index in [0.29, 0.717) is 17.1 Å². The fourth-order valence-electron chi connectivity index (χ4n) is 3.57. The number of barbiturate groups is 1. The molecule has 0 aromatic heterocycles. The van der Waals surface area contributed by atoms with Gasteiger partial charge in [-0.15, -0.1) is 0 Å². The van der Waals surface area contributed by atoms with Crippen LogP contribution in [0, 0.1) is 6.92 Å². The minimum absolute atomic E-state index is 0.0670. The first-order chi connectivity index (χ1) is 14.8. The number of fused-ring (bicyclic) bond motifs is 1. The summed E-state index contributed by atoms with van der Waals surface area (Å²) in [6, 6.07) is 7.65. The highest BCUT2D eigenvalue weighted by Gasteiger charge is 2.37. The zero-order chi connectivity index (χ0) is 22.3. The van der Waals surface area contributed by atoms with Gasteiger partial charge in [0.2, 0.25) is 6.79 Å². The van der Waals surface area contributed by atoms with Crippen molar-refractivity contribution >= 4 is 29.6 Å². The molecule has 8 heteroatoms. The molecule has 2 aromatic rings. The number of carbonyl (C=O) groups excluding carboxylic acids is 3. The van der Waals surface area contributed by atoms with Crippen molar-refractivity contribution in [2.45, 2.75) is 26.7 Å². The molecular weight excluding hydrogens is 400 g/mol. The van der Waals surface area contributed by atoms with Crippen LogP contribution in [0.1, 0.15) is 36.5 Å². The molecule has 4 amide bonds. The van der Waals surface area contributed by atoms with Crippen LogP contribution in [-0.4, -0.2) is 31.7 Å². The summed E-state index contributed by atoms with van der Waals surface area (Å²) in [5.74, 6) is 0.410. The van der Waals surface area contributed by atoms with E-state index in [1.807, 2.05) is 32.9 Å². The van der Waals surface area contributed by atoms with Crippen molar-refractivity contribution in [1.82, 2.24) is 5.32 Å². The average Bonchev–Trinajstić information content (AvgIpc) is 3.19. The molecule has 1 fully saturated rings. The summed E-state index contributed by atoms with van der Waals surface area (Å²) in [5, 5.41) is 2.24. The predicted octanol–water partition coefficient (Wildman–Crippen LogP) is 3.52. The molecular formula is C23H22N2O6. The van der Waals surface area contributed by atoms with E-state index in [1.165, 1.54) is 12.1 Å². The number of anilines is 1. The number of urea groups is 1. The van der Waals surface area contributed by atoms with Gasteiger partial charge in [0.1, 0.15) is 11.3 Å². The first-order valence-corrected chi connectivity index (χ1v) is 9.79. The fourth-order valence-corrected chi connectivity index (χ4v) is 3.57. The number of imide groups is 2. The van der Waals surface area contributed by atoms with Gasteiger partial charge in [-0.3, -0.25) is 14.9 Å². The lowest BCUT2D eigenvalue weighted by Gasteiger charge is -2.26. The molecule has 2 heterocycles. The van der Waals surface area contributed by atoms with Gasteiger partial charge in [-0.2, -0.15) is 0 Å². The molecule has 0 unspecified atom stereocenters. The molecule has 4 rings (SSSR count). The molecule has 0 saturated carbocycles. The Morgan fingerprint density at radius 2 is 1.84 bits per heavy atom. The zero-order valence-electron chi connectivity index (χ0n) is 17.6. The van der Waals surface area contributed by atoms with Gasteiger partial charge in [-0.25, -0.2) is 9.69 Å². The van der Waals surface area contributed by atoms with Crippen LogP contribution >= 0.6 is 0 Å². The molecule has 160 valence electrons. The van der Waals surface area contributed by atoms with Gasteiger partial charge in [0.25, 0.3) is 11.8 Å². The Morgan fingerprint density at radius 1 is 1.10 bits per heavy atom. The Kier molecular flexibility index (Phi) is 5.14. The minimum atomic E-state index is -0.819. The largest absolute Gasteiger partial charge is 0.496 e. The van der Waals surface area contributed by atoms with Gasteiger partial charge in [-0.1, -0.05) is 13.8 Å². The van der Waals surface area contributed by atoms with Crippen LogP contribution in [0.25, 0.3) is 6.08 Å². The molecule has 8 nitrogen and oxygen atoms in total. The topological polar surface area (TPSA) is 94.2 Å². The third-order valence-electron chi connectivity index (χ3n) is 5.26.